The molecule has 0 spiro atoms. The molecule has 0 saturated carbocycles. The van der Waals surface area contributed by atoms with Gasteiger partial charge >= 0.3 is 5.97 Å². The highest BCUT2D eigenvalue weighted by Crippen LogP contribution is 2.35. The Morgan fingerprint density at radius 1 is 1.50 bits per heavy atom. The molecule has 0 fully saturated rings. The van der Waals surface area contributed by atoms with Crippen LogP contribution in [0.2, 0.25) is 0 Å². The predicted octanol–water partition coefficient (Wildman–Crippen LogP) is 1.78. The molecule has 0 amide bonds. The van der Waals surface area contributed by atoms with Gasteiger partial charge in [-0.3, -0.25) is 9.36 Å². The van der Waals surface area contributed by atoms with Gasteiger partial charge in [0.25, 0.3) is 5.56 Å². The fourth-order valence-corrected chi connectivity index (χ4v) is 4.25. The number of carbonyl (C=O) groups is 1. The lowest BCUT2D eigenvalue weighted by Crippen LogP contribution is -2.32. The average Bonchev–Trinajstić information content (AvgIpc) is 3.04. The Kier molecular flexibility index (Phi) is 4.01. The maximum absolute atomic E-state index is 12.9. The summed E-state index contributed by atoms with van der Waals surface area (Å²) in [5, 5.41) is 9.93. The molecule has 2 aromatic heterocycles. The van der Waals surface area contributed by atoms with Gasteiger partial charge in [0.1, 0.15) is 16.7 Å². The molecule has 3 rings (SSSR count). The standard InChI is InChI=1S/C15H18N2O4S/c1-8(15(19)20)17-11(6-7-21-2)16-13-12(14(17)18)9-4-3-5-10(9)22-13/h8H,3-7H2,1-2H3,(H,19,20). The second-order valence-electron chi connectivity index (χ2n) is 5.50. The highest BCUT2D eigenvalue weighted by Gasteiger charge is 2.26. The minimum Gasteiger partial charge on any atom is -0.480 e. The van der Waals surface area contributed by atoms with E-state index in [0.29, 0.717) is 24.2 Å². The number of aryl methyl sites for hydroxylation is 2. The summed E-state index contributed by atoms with van der Waals surface area (Å²) in [4.78, 5) is 30.8. The Bertz CT molecular complexity index is 793. The summed E-state index contributed by atoms with van der Waals surface area (Å²) in [5.41, 5.74) is 0.840. The topological polar surface area (TPSA) is 81.4 Å². The highest BCUT2D eigenvalue weighted by atomic mass is 32.1. The van der Waals surface area contributed by atoms with Crippen molar-refractivity contribution in [3.8, 4) is 0 Å². The second kappa shape index (κ2) is 5.81. The van der Waals surface area contributed by atoms with Crippen molar-refractivity contribution in [2.24, 2.45) is 0 Å². The van der Waals surface area contributed by atoms with Crippen LogP contribution < -0.4 is 5.56 Å². The summed E-state index contributed by atoms with van der Waals surface area (Å²) in [6, 6.07) is -0.937. The Balaban J connectivity index is 2.26. The van der Waals surface area contributed by atoms with Gasteiger partial charge in [0, 0.05) is 18.4 Å². The number of carboxylic acid groups (broad SMARTS) is 1. The van der Waals surface area contributed by atoms with E-state index in [9.17, 15) is 14.7 Å². The molecule has 1 N–H and O–H groups in total. The molecule has 0 aromatic carbocycles. The van der Waals surface area contributed by atoms with Crippen LogP contribution in [0.25, 0.3) is 10.2 Å². The maximum Gasteiger partial charge on any atom is 0.326 e. The first kappa shape index (κ1) is 15.2. The van der Waals surface area contributed by atoms with Gasteiger partial charge in [-0.05, 0) is 31.7 Å². The monoisotopic (exact) mass is 322 g/mol. The summed E-state index contributed by atoms with van der Waals surface area (Å²) < 4.78 is 6.37. The van der Waals surface area contributed by atoms with Crippen LogP contribution in [0.5, 0.6) is 0 Å². The van der Waals surface area contributed by atoms with Crippen LogP contribution in [0.3, 0.4) is 0 Å². The number of fused-ring (bicyclic) bond motifs is 3. The number of thiophene rings is 1. The van der Waals surface area contributed by atoms with Gasteiger partial charge in [0.05, 0.1) is 12.0 Å². The van der Waals surface area contributed by atoms with Crippen LogP contribution >= 0.6 is 11.3 Å². The van der Waals surface area contributed by atoms with E-state index in [1.165, 1.54) is 16.4 Å². The Morgan fingerprint density at radius 3 is 2.95 bits per heavy atom. The largest absolute Gasteiger partial charge is 0.480 e. The van der Waals surface area contributed by atoms with E-state index in [2.05, 4.69) is 4.98 Å². The first-order valence-corrected chi connectivity index (χ1v) is 8.13. The molecule has 0 saturated heterocycles. The first-order valence-electron chi connectivity index (χ1n) is 7.32. The van der Waals surface area contributed by atoms with Crippen molar-refractivity contribution >= 4 is 27.5 Å². The first-order chi connectivity index (χ1) is 10.5. The van der Waals surface area contributed by atoms with Crippen LogP contribution in [-0.2, 0) is 28.8 Å². The van der Waals surface area contributed by atoms with Crippen LogP contribution in [0.4, 0.5) is 0 Å². The lowest BCUT2D eigenvalue weighted by Gasteiger charge is -2.16. The second-order valence-corrected chi connectivity index (χ2v) is 6.58. The summed E-state index contributed by atoms with van der Waals surface area (Å²) in [6.45, 7) is 1.91. The van der Waals surface area contributed by atoms with E-state index in [0.717, 1.165) is 29.7 Å². The molecule has 0 aliphatic heterocycles. The van der Waals surface area contributed by atoms with Gasteiger partial charge in [0.15, 0.2) is 0 Å². The zero-order valence-corrected chi connectivity index (χ0v) is 13.4. The smallest absolute Gasteiger partial charge is 0.326 e. The third-order valence-corrected chi connectivity index (χ3v) is 5.30. The quantitative estimate of drug-likeness (QED) is 0.907. The minimum atomic E-state index is -1.03. The molecule has 1 atom stereocenters. The van der Waals surface area contributed by atoms with Crippen molar-refractivity contribution in [1.29, 1.82) is 0 Å². The number of hydrogen-bond acceptors (Lipinski definition) is 5. The van der Waals surface area contributed by atoms with Gasteiger partial charge in [-0.1, -0.05) is 0 Å². The molecule has 1 aliphatic rings. The molecule has 118 valence electrons. The summed E-state index contributed by atoms with van der Waals surface area (Å²) in [6.07, 6.45) is 3.33. The number of aromatic nitrogens is 2. The third-order valence-electron chi connectivity index (χ3n) is 4.12. The molecule has 1 unspecified atom stereocenters. The number of carboxylic acids is 1. The van der Waals surface area contributed by atoms with Crippen molar-refractivity contribution in [3.05, 3.63) is 26.6 Å². The molecule has 7 heteroatoms. The number of nitrogens with zero attached hydrogens (tertiary/aromatic N) is 2. The zero-order chi connectivity index (χ0) is 15.9. The summed E-state index contributed by atoms with van der Waals surface area (Å²) >= 11 is 1.56. The van der Waals surface area contributed by atoms with Crippen molar-refractivity contribution in [2.75, 3.05) is 13.7 Å². The predicted molar refractivity (Wildman–Crippen MR) is 83.8 cm³/mol. The summed E-state index contributed by atoms with van der Waals surface area (Å²) in [7, 11) is 1.57. The van der Waals surface area contributed by atoms with Crippen molar-refractivity contribution in [1.82, 2.24) is 9.55 Å². The third kappa shape index (κ3) is 2.34. The number of ether oxygens (including phenoxy) is 1. The maximum atomic E-state index is 12.9. The molecule has 0 radical (unpaired) electrons. The fraction of sp³-hybridized carbons (Fsp3) is 0.533. The van der Waals surface area contributed by atoms with E-state index in [-0.39, 0.29) is 5.56 Å². The van der Waals surface area contributed by atoms with Crippen LogP contribution in [0.15, 0.2) is 4.79 Å². The molecule has 22 heavy (non-hydrogen) atoms. The number of methoxy groups -OCH3 is 1. The van der Waals surface area contributed by atoms with E-state index in [1.54, 1.807) is 18.4 Å². The van der Waals surface area contributed by atoms with Crippen LogP contribution in [-0.4, -0.2) is 34.3 Å². The fourth-order valence-electron chi connectivity index (χ4n) is 2.98. The highest BCUT2D eigenvalue weighted by molar-refractivity contribution is 7.18. The lowest BCUT2D eigenvalue weighted by molar-refractivity contribution is -0.140. The molecular weight excluding hydrogens is 304 g/mol. The van der Waals surface area contributed by atoms with Gasteiger partial charge < -0.3 is 9.84 Å². The molecule has 0 bridgehead atoms. The van der Waals surface area contributed by atoms with Gasteiger partial charge in [-0.25, -0.2) is 9.78 Å². The van der Waals surface area contributed by atoms with E-state index >= 15 is 0 Å². The van der Waals surface area contributed by atoms with E-state index in [4.69, 9.17) is 4.74 Å². The molecule has 1 aliphatic carbocycles. The molecule has 2 heterocycles. The number of hydrogen-bond donors (Lipinski definition) is 1. The van der Waals surface area contributed by atoms with E-state index < -0.39 is 12.0 Å². The van der Waals surface area contributed by atoms with Gasteiger partial charge in [0.2, 0.25) is 0 Å². The molecule has 6 nitrogen and oxygen atoms in total. The van der Waals surface area contributed by atoms with Crippen molar-refractivity contribution < 1.29 is 14.6 Å². The Hall–Kier alpha value is -1.73. The normalized spacial score (nSPS) is 15.2. The number of rotatable bonds is 5. The minimum absolute atomic E-state index is 0.231. The van der Waals surface area contributed by atoms with Crippen LogP contribution in [0, 0.1) is 0 Å². The van der Waals surface area contributed by atoms with Crippen LogP contribution in [0.1, 0.15) is 35.7 Å². The summed E-state index contributed by atoms with van der Waals surface area (Å²) in [5.74, 6) is -0.553. The van der Waals surface area contributed by atoms with Crippen molar-refractivity contribution in [2.45, 2.75) is 38.6 Å². The SMILES string of the molecule is COCCc1nc2sc3c(c2c(=O)n1C(C)C(=O)O)CCC3. The van der Waals surface area contributed by atoms with E-state index in [1.807, 2.05) is 0 Å². The average molecular weight is 322 g/mol. The lowest BCUT2D eigenvalue weighted by atomic mass is 10.2. The Labute approximate surface area is 131 Å². The zero-order valence-electron chi connectivity index (χ0n) is 12.6. The number of aliphatic carboxylic acids is 1. The molecular formula is C15H18N2O4S. The van der Waals surface area contributed by atoms with Crippen molar-refractivity contribution in [3.63, 3.8) is 0 Å². The molecule has 2 aromatic rings. The Morgan fingerprint density at radius 2 is 2.27 bits per heavy atom. The van der Waals surface area contributed by atoms with Gasteiger partial charge in [-0.2, -0.15) is 0 Å². The van der Waals surface area contributed by atoms with Gasteiger partial charge in [-0.15, -0.1) is 11.3 Å².